The maximum Gasteiger partial charge on any atom is 0.408 e. The second kappa shape index (κ2) is 7.77. The van der Waals surface area contributed by atoms with E-state index in [1.165, 1.54) is 7.11 Å². The number of benzene rings is 1. The van der Waals surface area contributed by atoms with E-state index in [1.807, 2.05) is 0 Å². The molecule has 0 spiro atoms. The lowest BCUT2D eigenvalue weighted by atomic mass is 10.2. The van der Waals surface area contributed by atoms with E-state index in [0.717, 1.165) is 18.9 Å². The lowest BCUT2D eigenvalue weighted by Gasteiger charge is -2.24. The fourth-order valence-electron chi connectivity index (χ4n) is 2.35. The van der Waals surface area contributed by atoms with E-state index < -0.39 is 23.1 Å². The van der Waals surface area contributed by atoms with E-state index in [-0.39, 0.29) is 6.61 Å². The van der Waals surface area contributed by atoms with Gasteiger partial charge in [0.1, 0.15) is 23.7 Å². The first-order valence-corrected chi connectivity index (χ1v) is 8.62. The molecular weight excluding hydrogens is 350 g/mol. The minimum atomic E-state index is -0.576. The zero-order valence-corrected chi connectivity index (χ0v) is 16.2. The van der Waals surface area contributed by atoms with Crippen molar-refractivity contribution in [2.24, 2.45) is 0 Å². The predicted octanol–water partition coefficient (Wildman–Crippen LogP) is 2.84. The van der Waals surface area contributed by atoms with Crippen molar-refractivity contribution in [3.8, 4) is 11.5 Å². The quantitative estimate of drug-likeness (QED) is 0.498. The predicted molar refractivity (Wildman–Crippen MR) is 103 cm³/mol. The molecule has 0 radical (unpaired) electrons. The number of carbonyl (C=O) groups is 2. The highest BCUT2D eigenvalue weighted by molar-refractivity contribution is 6.00. The molecule has 27 heavy (non-hydrogen) atoms. The molecule has 0 saturated heterocycles. The van der Waals surface area contributed by atoms with Crippen LogP contribution in [0.15, 0.2) is 24.8 Å². The molecule has 0 unspecified atom stereocenters. The number of methoxy groups -OCH3 is 1. The van der Waals surface area contributed by atoms with Crippen LogP contribution in [0.1, 0.15) is 33.6 Å². The van der Waals surface area contributed by atoms with Crippen molar-refractivity contribution in [2.75, 3.05) is 24.8 Å². The topological polar surface area (TPSA) is 112 Å². The Hall–Kier alpha value is -2.90. The third-order valence-corrected chi connectivity index (χ3v) is 3.90. The van der Waals surface area contributed by atoms with Crippen LogP contribution in [0.5, 0.6) is 11.5 Å². The summed E-state index contributed by atoms with van der Waals surface area (Å²) in [6.45, 7) is 9.06. The van der Waals surface area contributed by atoms with Gasteiger partial charge in [-0.05, 0) is 45.8 Å². The van der Waals surface area contributed by atoms with Gasteiger partial charge in [0.05, 0.1) is 24.0 Å². The molecule has 8 nitrogen and oxygen atoms in total. The van der Waals surface area contributed by atoms with Crippen LogP contribution in [0.25, 0.3) is 0 Å². The molecule has 0 aliphatic heterocycles. The van der Waals surface area contributed by atoms with Gasteiger partial charge in [0, 0.05) is 6.07 Å². The number of nitrogens with one attached hydrogen (secondary N) is 2. The van der Waals surface area contributed by atoms with Gasteiger partial charge >= 0.3 is 6.09 Å². The molecule has 1 aromatic rings. The largest absolute Gasteiger partial charge is 0.494 e. The minimum absolute atomic E-state index is 0.219. The zero-order chi connectivity index (χ0) is 20.2. The van der Waals surface area contributed by atoms with E-state index in [1.54, 1.807) is 32.9 Å². The molecule has 0 aromatic heterocycles. The molecule has 0 atom stereocenters. The highest BCUT2D eigenvalue weighted by Gasteiger charge is 2.46. The highest BCUT2D eigenvalue weighted by atomic mass is 16.6. The molecule has 1 aliphatic rings. The van der Waals surface area contributed by atoms with Gasteiger partial charge in [-0.1, -0.05) is 6.58 Å². The lowest BCUT2D eigenvalue weighted by Crippen LogP contribution is -2.44. The van der Waals surface area contributed by atoms with Crippen molar-refractivity contribution in [1.82, 2.24) is 5.32 Å². The van der Waals surface area contributed by atoms with Crippen molar-refractivity contribution in [3.63, 3.8) is 0 Å². The van der Waals surface area contributed by atoms with Gasteiger partial charge in [0.15, 0.2) is 0 Å². The van der Waals surface area contributed by atoms with Crippen molar-refractivity contribution < 1.29 is 23.8 Å². The maximum absolute atomic E-state index is 12.0. The van der Waals surface area contributed by atoms with E-state index in [9.17, 15) is 9.59 Å². The second-order valence-electron chi connectivity index (χ2n) is 7.48. The van der Waals surface area contributed by atoms with Crippen molar-refractivity contribution in [2.45, 2.75) is 44.8 Å². The maximum atomic E-state index is 12.0. The number of nitrogen functional groups attached to an aromatic ring is 1. The fraction of sp³-hybridized carbons (Fsp3) is 0.474. The molecule has 1 fully saturated rings. The average Bonchev–Trinajstić information content (AvgIpc) is 3.31. The molecule has 2 amide bonds. The molecule has 1 aromatic carbocycles. The smallest absolute Gasteiger partial charge is 0.408 e. The van der Waals surface area contributed by atoms with Gasteiger partial charge < -0.3 is 30.6 Å². The number of rotatable bonds is 7. The number of amides is 2. The van der Waals surface area contributed by atoms with Gasteiger partial charge in [-0.15, -0.1) is 0 Å². The van der Waals surface area contributed by atoms with Crippen LogP contribution in [0.4, 0.5) is 16.2 Å². The monoisotopic (exact) mass is 377 g/mol. The number of ether oxygens (including phenoxy) is 3. The molecule has 1 saturated carbocycles. The Balaban J connectivity index is 2.10. The van der Waals surface area contributed by atoms with Crippen LogP contribution >= 0.6 is 0 Å². The Labute approximate surface area is 159 Å². The summed E-state index contributed by atoms with van der Waals surface area (Å²) >= 11 is 0. The number of carbonyl (C=O) groups excluding carboxylic acids is 2. The molecule has 0 bridgehead atoms. The molecule has 4 N–H and O–H groups in total. The molecule has 0 heterocycles. The third kappa shape index (κ3) is 5.80. The Morgan fingerprint density at radius 2 is 1.96 bits per heavy atom. The van der Waals surface area contributed by atoms with E-state index in [4.69, 9.17) is 19.9 Å². The minimum Gasteiger partial charge on any atom is -0.494 e. The second-order valence-corrected chi connectivity index (χ2v) is 7.48. The highest BCUT2D eigenvalue weighted by Crippen LogP contribution is 2.39. The van der Waals surface area contributed by atoms with Crippen LogP contribution in [0.2, 0.25) is 0 Å². The van der Waals surface area contributed by atoms with Gasteiger partial charge in [-0.2, -0.15) is 0 Å². The SMILES string of the molecule is C=CC(=O)Nc1cc(N)c(OC)cc1OCC1(NC(=O)OC(C)(C)C)CC1. The Bertz CT molecular complexity index is 736. The number of anilines is 2. The van der Waals surface area contributed by atoms with Gasteiger partial charge in [-0.3, -0.25) is 4.79 Å². The number of hydrogen-bond acceptors (Lipinski definition) is 6. The van der Waals surface area contributed by atoms with Crippen molar-refractivity contribution >= 4 is 23.4 Å². The summed E-state index contributed by atoms with van der Waals surface area (Å²) in [5.74, 6) is 0.414. The molecule has 1 aliphatic carbocycles. The first-order chi connectivity index (χ1) is 12.6. The summed E-state index contributed by atoms with van der Waals surface area (Å²) in [6.07, 6.45) is 2.20. The number of hydrogen-bond donors (Lipinski definition) is 3. The fourth-order valence-corrected chi connectivity index (χ4v) is 2.35. The van der Waals surface area contributed by atoms with Crippen molar-refractivity contribution in [3.05, 3.63) is 24.8 Å². The first-order valence-electron chi connectivity index (χ1n) is 8.62. The molecular formula is C19H27N3O5. The van der Waals surface area contributed by atoms with Gasteiger partial charge in [-0.25, -0.2) is 4.79 Å². The van der Waals surface area contributed by atoms with Crippen LogP contribution in [0.3, 0.4) is 0 Å². The Kier molecular flexibility index (Phi) is 5.88. The normalized spacial score (nSPS) is 14.7. The standard InChI is InChI=1S/C19H27N3O5/c1-6-16(23)21-13-9-12(20)14(25-5)10-15(13)26-11-19(7-8-19)22-17(24)27-18(2,3)4/h6,9-10H,1,7-8,11,20H2,2-5H3,(H,21,23)(H,22,24). The Morgan fingerprint density at radius 1 is 1.30 bits per heavy atom. The third-order valence-electron chi connectivity index (χ3n) is 3.90. The lowest BCUT2D eigenvalue weighted by molar-refractivity contribution is -0.111. The molecule has 8 heteroatoms. The summed E-state index contributed by atoms with van der Waals surface area (Å²) in [4.78, 5) is 23.7. The first kappa shape index (κ1) is 20.4. The van der Waals surface area contributed by atoms with Crippen LogP contribution in [0, 0.1) is 0 Å². The van der Waals surface area contributed by atoms with Crippen LogP contribution < -0.4 is 25.8 Å². The number of nitrogens with two attached hydrogens (primary N) is 1. The van der Waals surface area contributed by atoms with E-state index >= 15 is 0 Å². The van der Waals surface area contributed by atoms with Crippen LogP contribution in [-0.2, 0) is 9.53 Å². The van der Waals surface area contributed by atoms with E-state index in [0.29, 0.717) is 22.9 Å². The van der Waals surface area contributed by atoms with Gasteiger partial charge in [0.2, 0.25) is 5.91 Å². The summed E-state index contributed by atoms with van der Waals surface area (Å²) < 4.78 is 16.4. The van der Waals surface area contributed by atoms with Crippen molar-refractivity contribution in [1.29, 1.82) is 0 Å². The summed E-state index contributed by atoms with van der Waals surface area (Å²) in [5.41, 5.74) is 5.59. The number of alkyl carbamates (subject to hydrolysis) is 1. The molecule has 148 valence electrons. The summed E-state index contributed by atoms with van der Waals surface area (Å²) in [5, 5.41) is 5.51. The van der Waals surface area contributed by atoms with Gasteiger partial charge in [0.25, 0.3) is 0 Å². The average molecular weight is 377 g/mol. The summed E-state index contributed by atoms with van der Waals surface area (Å²) in [6, 6.07) is 3.15. The molecule has 2 rings (SSSR count). The zero-order valence-electron chi connectivity index (χ0n) is 16.2. The van der Waals surface area contributed by atoms with E-state index in [2.05, 4.69) is 17.2 Å². The Morgan fingerprint density at radius 3 is 2.48 bits per heavy atom. The van der Waals surface area contributed by atoms with Crippen LogP contribution in [-0.4, -0.2) is 36.9 Å². The summed E-state index contributed by atoms with van der Waals surface area (Å²) in [7, 11) is 1.49.